The van der Waals surface area contributed by atoms with E-state index in [-0.39, 0.29) is 0 Å². The Labute approximate surface area is 172 Å². The number of hydrogen-bond acceptors (Lipinski definition) is 4. The fourth-order valence-corrected chi connectivity index (χ4v) is 4.82. The van der Waals surface area contributed by atoms with Crippen molar-refractivity contribution in [1.29, 1.82) is 0 Å². The summed E-state index contributed by atoms with van der Waals surface area (Å²) >= 11 is 0. The van der Waals surface area contributed by atoms with Gasteiger partial charge in [-0.1, -0.05) is 42.5 Å². The second-order valence-electron chi connectivity index (χ2n) is 8.43. The van der Waals surface area contributed by atoms with Crippen LogP contribution in [0.4, 0.5) is 0 Å². The first-order valence-electron chi connectivity index (χ1n) is 10.9. The Hall–Kier alpha value is -2.21. The van der Waals surface area contributed by atoms with Crippen molar-refractivity contribution in [3.8, 4) is 11.3 Å². The molecule has 1 aromatic heterocycles. The zero-order chi connectivity index (χ0) is 19.5. The van der Waals surface area contributed by atoms with Gasteiger partial charge in [-0.25, -0.2) is 0 Å². The molecule has 3 aromatic rings. The van der Waals surface area contributed by atoms with Crippen LogP contribution < -0.4 is 0 Å². The third-order valence-corrected chi connectivity index (χ3v) is 6.50. The van der Waals surface area contributed by atoms with E-state index >= 15 is 0 Å². The lowest BCUT2D eigenvalue weighted by Gasteiger charge is -2.36. The highest BCUT2D eigenvalue weighted by molar-refractivity contribution is 5.96. The summed E-state index contributed by atoms with van der Waals surface area (Å²) in [5, 5.41) is 10.2. The van der Waals surface area contributed by atoms with Gasteiger partial charge in [-0.15, -0.1) is 0 Å². The molecule has 0 radical (unpaired) electrons. The summed E-state index contributed by atoms with van der Waals surface area (Å²) in [6.45, 7) is 8.56. The van der Waals surface area contributed by atoms with Crippen molar-refractivity contribution < 1.29 is 4.74 Å². The van der Waals surface area contributed by atoms with Gasteiger partial charge in [-0.3, -0.25) is 14.9 Å². The molecule has 0 bridgehead atoms. The number of piperidine rings is 1. The summed E-state index contributed by atoms with van der Waals surface area (Å²) in [6.07, 6.45) is 4.59. The van der Waals surface area contributed by atoms with E-state index in [1.807, 2.05) is 6.20 Å². The molecule has 1 N–H and O–H groups in total. The number of aromatic nitrogens is 2. The molecule has 2 aliphatic heterocycles. The third-order valence-electron chi connectivity index (χ3n) is 6.50. The Morgan fingerprint density at radius 2 is 1.72 bits per heavy atom. The first-order valence-corrected chi connectivity index (χ1v) is 10.9. The Balaban J connectivity index is 1.24. The fourth-order valence-electron chi connectivity index (χ4n) is 4.82. The standard InChI is InChI=1S/C24H30N4O/c1-2-6-22-20(4-1)5-3-7-23(22)24-21(16-25-26-24)18-27-10-8-19(9-11-27)17-28-12-14-29-15-13-28/h1-7,16,19H,8-15,17-18H2,(H,25,26). The van der Waals surface area contributed by atoms with E-state index in [9.17, 15) is 0 Å². The van der Waals surface area contributed by atoms with Crippen molar-refractivity contribution in [3.63, 3.8) is 0 Å². The molecule has 0 atom stereocenters. The first kappa shape index (κ1) is 18.8. The highest BCUT2D eigenvalue weighted by Crippen LogP contribution is 2.30. The number of fused-ring (bicyclic) bond motifs is 1. The summed E-state index contributed by atoms with van der Waals surface area (Å²) in [4.78, 5) is 5.17. The normalized spacial score (nSPS) is 19.7. The number of likely N-dealkylation sites (tertiary alicyclic amines) is 1. The zero-order valence-corrected chi connectivity index (χ0v) is 17.0. The molecule has 2 aromatic carbocycles. The van der Waals surface area contributed by atoms with Crippen LogP contribution in [0, 0.1) is 5.92 Å². The molecule has 0 amide bonds. The molecule has 0 spiro atoms. The number of benzene rings is 2. The lowest BCUT2D eigenvalue weighted by atomic mass is 9.95. The van der Waals surface area contributed by atoms with Crippen molar-refractivity contribution in [2.45, 2.75) is 19.4 Å². The van der Waals surface area contributed by atoms with E-state index in [0.29, 0.717) is 0 Å². The number of nitrogens with one attached hydrogen (secondary N) is 1. The molecular formula is C24H30N4O. The van der Waals surface area contributed by atoms with Crippen LogP contribution in [-0.4, -0.2) is 65.9 Å². The van der Waals surface area contributed by atoms with Crippen molar-refractivity contribution in [1.82, 2.24) is 20.0 Å². The Morgan fingerprint density at radius 1 is 0.931 bits per heavy atom. The van der Waals surface area contributed by atoms with Gasteiger partial charge in [0.15, 0.2) is 0 Å². The number of nitrogens with zero attached hydrogens (tertiary/aromatic N) is 3. The minimum Gasteiger partial charge on any atom is -0.379 e. The van der Waals surface area contributed by atoms with E-state index < -0.39 is 0 Å². The van der Waals surface area contributed by atoms with Crippen molar-refractivity contribution in [2.24, 2.45) is 5.92 Å². The van der Waals surface area contributed by atoms with Crippen molar-refractivity contribution >= 4 is 10.8 Å². The van der Waals surface area contributed by atoms with Gasteiger partial charge in [0.05, 0.1) is 25.1 Å². The van der Waals surface area contributed by atoms with Crippen LogP contribution in [0.3, 0.4) is 0 Å². The Bertz CT molecular complexity index is 933. The van der Waals surface area contributed by atoms with Gasteiger partial charge in [-0.05, 0) is 42.6 Å². The molecule has 2 aliphatic rings. The number of aromatic amines is 1. The molecule has 5 heteroatoms. The summed E-state index contributed by atoms with van der Waals surface area (Å²) in [7, 11) is 0. The second-order valence-corrected chi connectivity index (χ2v) is 8.43. The molecule has 5 nitrogen and oxygen atoms in total. The van der Waals surface area contributed by atoms with Crippen LogP contribution >= 0.6 is 0 Å². The molecule has 29 heavy (non-hydrogen) atoms. The monoisotopic (exact) mass is 390 g/mol. The minimum absolute atomic E-state index is 0.825. The van der Waals surface area contributed by atoms with Crippen LogP contribution in [0.25, 0.3) is 22.0 Å². The van der Waals surface area contributed by atoms with E-state index in [1.54, 1.807) is 0 Å². The Kier molecular flexibility index (Phi) is 5.61. The largest absolute Gasteiger partial charge is 0.379 e. The minimum atomic E-state index is 0.825. The fraction of sp³-hybridized carbons (Fsp3) is 0.458. The SMILES string of the molecule is c1ccc2c(-c3[nH]ncc3CN3CCC(CN4CCOCC4)CC3)cccc2c1. The summed E-state index contributed by atoms with van der Waals surface area (Å²) in [6, 6.07) is 15.1. The summed E-state index contributed by atoms with van der Waals surface area (Å²) in [5.41, 5.74) is 3.71. The van der Waals surface area contributed by atoms with Gasteiger partial charge < -0.3 is 4.74 Å². The quantitative estimate of drug-likeness (QED) is 0.720. The van der Waals surface area contributed by atoms with Gasteiger partial charge in [0.25, 0.3) is 0 Å². The predicted molar refractivity (Wildman–Crippen MR) is 117 cm³/mol. The zero-order valence-electron chi connectivity index (χ0n) is 17.0. The highest BCUT2D eigenvalue weighted by Gasteiger charge is 2.23. The van der Waals surface area contributed by atoms with Gasteiger partial charge in [0, 0.05) is 37.3 Å². The van der Waals surface area contributed by atoms with Crippen LogP contribution in [0.2, 0.25) is 0 Å². The number of ether oxygens (including phenoxy) is 1. The molecule has 2 fully saturated rings. The number of hydrogen-bond donors (Lipinski definition) is 1. The summed E-state index contributed by atoms with van der Waals surface area (Å²) < 4.78 is 5.48. The van der Waals surface area contributed by atoms with Gasteiger partial charge >= 0.3 is 0 Å². The molecule has 2 saturated heterocycles. The third kappa shape index (κ3) is 4.22. The number of morpholine rings is 1. The predicted octanol–water partition coefficient (Wildman–Crippen LogP) is 3.77. The Morgan fingerprint density at radius 3 is 2.59 bits per heavy atom. The van der Waals surface area contributed by atoms with Crippen LogP contribution in [-0.2, 0) is 11.3 Å². The maximum absolute atomic E-state index is 5.48. The van der Waals surface area contributed by atoms with Crippen LogP contribution in [0.1, 0.15) is 18.4 Å². The first-order chi connectivity index (χ1) is 14.4. The summed E-state index contributed by atoms with van der Waals surface area (Å²) in [5.74, 6) is 0.825. The smallest absolute Gasteiger partial charge is 0.0701 e. The van der Waals surface area contributed by atoms with Crippen molar-refractivity contribution in [2.75, 3.05) is 45.9 Å². The van der Waals surface area contributed by atoms with E-state index in [2.05, 4.69) is 62.5 Å². The second kappa shape index (κ2) is 8.66. The lowest BCUT2D eigenvalue weighted by molar-refractivity contribution is 0.0242. The van der Waals surface area contributed by atoms with Gasteiger partial charge in [0.1, 0.15) is 0 Å². The molecular weight excluding hydrogens is 360 g/mol. The molecule has 152 valence electrons. The van der Waals surface area contributed by atoms with E-state index in [1.165, 1.54) is 54.4 Å². The van der Waals surface area contributed by atoms with E-state index in [0.717, 1.165) is 44.5 Å². The topological polar surface area (TPSA) is 44.4 Å². The van der Waals surface area contributed by atoms with E-state index in [4.69, 9.17) is 4.74 Å². The molecule has 0 unspecified atom stereocenters. The van der Waals surface area contributed by atoms with Crippen LogP contribution in [0.5, 0.6) is 0 Å². The number of H-pyrrole nitrogens is 1. The molecule has 0 saturated carbocycles. The average molecular weight is 391 g/mol. The molecule has 5 rings (SSSR count). The van der Waals surface area contributed by atoms with Crippen LogP contribution in [0.15, 0.2) is 48.7 Å². The average Bonchev–Trinajstić information content (AvgIpc) is 3.23. The van der Waals surface area contributed by atoms with Gasteiger partial charge in [0.2, 0.25) is 0 Å². The molecule has 3 heterocycles. The highest BCUT2D eigenvalue weighted by atomic mass is 16.5. The maximum Gasteiger partial charge on any atom is 0.0701 e. The lowest BCUT2D eigenvalue weighted by Crippen LogP contribution is -2.42. The van der Waals surface area contributed by atoms with Gasteiger partial charge in [-0.2, -0.15) is 5.10 Å². The molecule has 0 aliphatic carbocycles. The van der Waals surface area contributed by atoms with Crippen molar-refractivity contribution in [3.05, 3.63) is 54.2 Å². The number of rotatable bonds is 5. The maximum atomic E-state index is 5.48.